The van der Waals surface area contributed by atoms with Crippen molar-refractivity contribution in [3.8, 4) is 17.3 Å². The Balaban J connectivity index is 1.73. The van der Waals surface area contributed by atoms with Gasteiger partial charge in [-0.05, 0) is 51.0 Å². The van der Waals surface area contributed by atoms with Crippen LogP contribution >= 0.6 is 11.6 Å². The predicted molar refractivity (Wildman–Crippen MR) is 135 cm³/mol. The molecule has 4 rings (SSSR count). The van der Waals surface area contributed by atoms with E-state index in [-0.39, 0.29) is 6.10 Å². The quantitative estimate of drug-likeness (QED) is 0.385. The number of aliphatic hydroxyl groups is 1. The van der Waals surface area contributed by atoms with Gasteiger partial charge in [0.05, 0.1) is 33.7 Å². The molecule has 6 nitrogen and oxygen atoms in total. The predicted octanol–water partition coefficient (Wildman–Crippen LogP) is 5.54. The van der Waals surface area contributed by atoms with Gasteiger partial charge in [0, 0.05) is 26.2 Å². The zero-order valence-electron chi connectivity index (χ0n) is 19.8. The standard InChI is InChI=1S/C27H32ClN3O3/c1-4-27(3,32)19-30(17-22-13-10-16-33-22)18-23-20(2)29-31(21-11-6-5-7-12-21)26(23)34-25-15-9-8-14-24(25)28/h4-9,11-12,14-15,22,32H,1,10,13,16-19H2,2-3H3. The zero-order valence-corrected chi connectivity index (χ0v) is 20.5. The number of hydrogen-bond donors (Lipinski definition) is 1. The second kappa shape index (κ2) is 10.7. The molecule has 0 spiro atoms. The minimum atomic E-state index is -1.04. The van der Waals surface area contributed by atoms with Crippen molar-refractivity contribution in [3.05, 3.63) is 83.5 Å². The molecule has 180 valence electrons. The Morgan fingerprint density at radius 2 is 2.00 bits per heavy atom. The summed E-state index contributed by atoms with van der Waals surface area (Å²) in [6, 6.07) is 17.3. The average molecular weight is 482 g/mol. The minimum Gasteiger partial charge on any atom is -0.437 e. The van der Waals surface area contributed by atoms with Crippen LogP contribution in [-0.2, 0) is 11.3 Å². The first kappa shape index (κ1) is 24.5. The van der Waals surface area contributed by atoms with Gasteiger partial charge in [0.15, 0.2) is 0 Å². The first-order valence-corrected chi connectivity index (χ1v) is 12.0. The van der Waals surface area contributed by atoms with Crippen molar-refractivity contribution in [3.63, 3.8) is 0 Å². The number of para-hydroxylation sites is 2. The number of aryl methyl sites for hydroxylation is 1. The summed E-state index contributed by atoms with van der Waals surface area (Å²) in [5.41, 5.74) is 1.64. The molecule has 3 aromatic rings. The van der Waals surface area contributed by atoms with E-state index in [2.05, 4.69) is 11.5 Å². The Labute approximate surface area is 206 Å². The van der Waals surface area contributed by atoms with E-state index >= 15 is 0 Å². The highest BCUT2D eigenvalue weighted by atomic mass is 35.5. The zero-order chi connectivity index (χ0) is 24.1. The second-order valence-corrected chi connectivity index (χ2v) is 9.42. The fourth-order valence-electron chi connectivity index (χ4n) is 4.20. The lowest BCUT2D eigenvalue weighted by Gasteiger charge is -2.31. The van der Waals surface area contributed by atoms with Gasteiger partial charge in [0.1, 0.15) is 5.75 Å². The van der Waals surface area contributed by atoms with Gasteiger partial charge >= 0.3 is 0 Å². The highest BCUT2D eigenvalue weighted by molar-refractivity contribution is 6.32. The monoisotopic (exact) mass is 481 g/mol. The normalized spacial score (nSPS) is 17.6. The Morgan fingerprint density at radius 3 is 2.68 bits per heavy atom. The lowest BCUT2D eigenvalue weighted by Crippen LogP contribution is -2.42. The fraction of sp³-hybridized carbons (Fsp3) is 0.370. The van der Waals surface area contributed by atoms with Crippen molar-refractivity contribution >= 4 is 11.6 Å². The summed E-state index contributed by atoms with van der Waals surface area (Å²) < 4.78 is 14.1. The van der Waals surface area contributed by atoms with E-state index in [4.69, 9.17) is 26.2 Å². The minimum absolute atomic E-state index is 0.137. The highest BCUT2D eigenvalue weighted by Crippen LogP contribution is 2.35. The molecule has 1 aliphatic rings. The third-order valence-corrected chi connectivity index (χ3v) is 6.34. The summed E-state index contributed by atoms with van der Waals surface area (Å²) in [6.45, 7) is 9.97. The maximum atomic E-state index is 10.8. The van der Waals surface area contributed by atoms with Gasteiger partial charge in [-0.1, -0.05) is 48.0 Å². The number of hydrogen-bond acceptors (Lipinski definition) is 5. The van der Waals surface area contributed by atoms with Crippen LogP contribution in [-0.4, -0.2) is 51.2 Å². The molecule has 1 fully saturated rings. The van der Waals surface area contributed by atoms with E-state index in [0.717, 1.165) is 36.4 Å². The van der Waals surface area contributed by atoms with Crippen LogP contribution in [0.5, 0.6) is 11.6 Å². The summed E-state index contributed by atoms with van der Waals surface area (Å²) >= 11 is 6.43. The molecule has 2 atom stereocenters. The van der Waals surface area contributed by atoms with Crippen LogP contribution in [0.25, 0.3) is 5.69 Å². The van der Waals surface area contributed by atoms with E-state index in [1.807, 2.05) is 60.1 Å². The molecular weight excluding hydrogens is 450 g/mol. The molecule has 0 bridgehead atoms. The topological polar surface area (TPSA) is 59.8 Å². The number of ether oxygens (including phenoxy) is 2. The van der Waals surface area contributed by atoms with Crippen molar-refractivity contribution in [1.29, 1.82) is 0 Å². The van der Waals surface area contributed by atoms with E-state index in [1.54, 1.807) is 19.1 Å². The summed E-state index contributed by atoms with van der Waals surface area (Å²) in [6.07, 6.45) is 3.79. The summed E-state index contributed by atoms with van der Waals surface area (Å²) in [5, 5.41) is 16.1. The van der Waals surface area contributed by atoms with Crippen LogP contribution in [0.1, 0.15) is 31.0 Å². The second-order valence-electron chi connectivity index (χ2n) is 9.01. The number of aromatic nitrogens is 2. The van der Waals surface area contributed by atoms with Gasteiger partial charge in [0.25, 0.3) is 0 Å². The molecule has 1 saturated heterocycles. The molecule has 1 N–H and O–H groups in total. The van der Waals surface area contributed by atoms with Crippen LogP contribution in [0.4, 0.5) is 0 Å². The number of nitrogens with zero attached hydrogens (tertiary/aromatic N) is 3. The maximum absolute atomic E-state index is 10.8. The Hall–Kier alpha value is -2.64. The third-order valence-electron chi connectivity index (χ3n) is 6.03. The third kappa shape index (κ3) is 5.88. The first-order chi connectivity index (χ1) is 16.4. The molecule has 0 saturated carbocycles. The van der Waals surface area contributed by atoms with E-state index in [0.29, 0.717) is 36.3 Å². The smallest absolute Gasteiger partial charge is 0.227 e. The van der Waals surface area contributed by atoms with Crippen LogP contribution in [0, 0.1) is 6.92 Å². The highest BCUT2D eigenvalue weighted by Gasteiger charge is 2.28. The van der Waals surface area contributed by atoms with Crippen molar-refractivity contribution in [2.45, 2.75) is 44.9 Å². The van der Waals surface area contributed by atoms with Crippen LogP contribution in [0.2, 0.25) is 5.02 Å². The van der Waals surface area contributed by atoms with E-state index < -0.39 is 5.60 Å². The number of halogens is 1. The number of benzene rings is 2. The lowest BCUT2D eigenvalue weighted by atomic mass is 10.1. The molecule has 2 aromatic carbocycles. The van der Waals surface area contributed by atoms with Crippen LogP contribution in [0.3, 0.4) is 0 Å². The molecular formula is C27H32ClN3O3. The van der Waals surface area contributed by atoms with Gasteiger partial charge in [-0.3, -0.25) is 4.90 Å². The van der Waals surface area contributed by atoms with Gasteiger partial charge in [0.2, 0.25) is 5.88 Å². The van der Waals surface area contributed by atoms with Gasteiger partial charge in [-0.25, -0.2) is 4.68 Å². The molecule has 2 unspecified atom stereocenters. The molecule has 0 radical (unpaired) electrons. The van der Waals surface area contributed by atoms with Gasteiger partial charge in [-0.15, -0.1) is 6.58 Å². The lowest BCUT2D eigenvalue weighted by molar-refractivity contribution is 0.0239. The Morgan fingerprint density at radius 1 is 1.26 bits per heavy atom. The van der Waals surface area contributed by atoms with Crippen molar-refractivity contribution < 1.29 is 14.6 Å². The van der Waals surface area contributed by atoms with Crippen LogP contribution in [0.15, 0.2) is 67.3 Å². The molecule has 2 heterocycles. The van der Waals surface area contributed by atoms with E-state index in [1.165, 1.54) is 0 Å². The SMILES string of the molecule is C=CC(C)(O)CN(Cc1c(C)nn(-c2ccccc2)c1Oc1ccccc1Cl)CC1CCCO1. The summed E-state index contributed by atoms with van der Waals surface area (Å²) in [5.74, 6) is 1.17. The molecule has 34 heavy (non-hydrogen) atoms. The molecule has 1 aromatic heterocycles. The fourth-order valence-corrected chi connectivity index (χ4v) is 4.38. The van der Waals surface area contributed by atoms with Gasteiger partial charge < -0.3 is 14.6 Å². The molecule has 7 heteroatoms. The van der Waals surface area contributed by atoms with Gasteiger partial charge in [-0.2, -0.15) is 5.10 Å². The number of rotatable bonds is 10. The van der Waals surface area contributed by atoms with Crippen molar-refractivity contribution in [2.24, 2.45) is 0 Å². The summed E-state index contributed by atoms with van der Waals surface area (Å²) in [4.78, 5) is 2.19. The maximum Gasteiger partial charge on any atom is 0.227 e. The van der Waals surface area contributed by atoms with Crippen molar-refractivity contribution in [2.75, 3.05) is 19.7 Å². The molecule has 1 aliphatic heterocycles. The van der Waals surface area contributed by atoms with E-state index in [9.17, 15) is 5.11 Å². The largest absolute Gasteiger partial charge is 0.437 e. The summed E-state index contributed by atoms with van der Waals surface area (Å²) in [7, 11) is 0. The van der Waals surface area contributed by atoms with Crippen molar-refractivity contribution in [1.82, 2.24) is 14.7 Å². The average Bonchev–Trinajstić information content (AvgIpc) is 3.44. The molecule has 0 aliphatic carbocycles. The van der Waals surface area contributed by atoms with Crippen LogP contribution < -0.4 is 4.74 Å². The Bertz CT molecular complexity index is 1110. The Kier molecular flexibility index (Phi) is 7.73. The molecule has 0 amide bonds. The first-order valence-electron chi connectivity index (χ1n) is 11.6.